The van der Waals surface area contributed by atoms with E-state index in [0.717, 1.165) is 6.42 Å². The van der Waals surface area contributed by atoms with E-state index in [0.29, 0.717) is 0 Å². The third kappa shape index (κ3) is 4.59. The zero-order valence-electron chi connectivity index (χ0n) is 6.49. The highest BCUT2D eigenvalue weighted by Gasteiger charge is 1.82. The monoisotopic (exact) mass is 171 g/mol. The summed E-state index contributed by atoms with van der Waals surface area (Å²) in [5, 5.41) is 0. The van der Waals surface area contributed by atoms with Gasteiger partial charge in [0, 0.05) is 0 Å². The van der Waals surface area contributed by atoms with Crippen molar-refractivity contribution in [2.24, 2.45) is 0 Å². The lowest BCUT2D eigenvalue weighted by molar-refractivity contribution is 1.28. The Kier molecular flexibility index (Phi) is 8.55. The minimum Gasteiger partial charge on any atom is -0.344 e. The van der Waals surface area contributed by atoms with E-state index in [1.54, 1.807) is 0 Å². The van der Waals surface area contributed by atoms with Crippen LogP contribution in [0.1, 0.15) is 5.56 Å². The molecule has 0 spiro atoms. The van der Waals surface area contributed by atoms with Crippen LogP contribution in [0.3, 0.4) is 0 Å². The quantitative estimate of drug-likeness (QED) is 0.683. The molecule has 0 saturated heterocycles. The molecule has 1 aromatic rings. The highest BCUT2D eigenvalue weighted by Crippen LogP contribution is 1.98. The summed E-state index contributed by atoms with van der Waals surface area (Å²) in [4.78, 5) is 0. The fraction of sp³-hybridized carbons (Fsp3) is 0.111. The molecular weight excluding hydrogens is 158 g/mol. The lowest BCUT2D eigenvalue weighted by atomic mass is 10.2. The first-order chi connectivity index (χ1) is 4.43. The average molecular weight is 172 g/mol. The minimum absolute atomic E-state index is 0. The van der Waals surface area contributed by atoms with Crippen LogP contribution >= 0.6 is 12.4 Å². The Hall–Kier alpha value is -0.790. The van der Waals surface area contributed by atoms with Gasteiger partial charge in [0.1, 0.15) is 0 Å². The number of hydrogen-bond acceptors (Lipinski definition) is 1. The van der Waals surface area contributed by atoms with Crippen LogP contribution in [0.4, 0.5) is 0 Å². The van der Waals surface area contributed by atoms with Crippen LogP contribution in [0.5, 0.6) is 0 Å². The van der Waals surface area contributed by atoms with Crippen molar-refractivity contribution in [2.45, 2.75) is 6.42 Å². The molecule has 0 unspecified atom stereocenters. The number of benzene rings is 1. The molecule has 1 aromatic carbocycles. The van der Waals surface area contributed by atoms with E-state index < -0.39 is 0 Å². The maximum Gasteiger partial charge on any atom is -0.0100 e. The first kappa shape index (κ1) is 12.8. The molecule has 3 N–H and O–H groups in total. The standard InChI is InChI=1S/C9H10.ClH.H3N/c1-2-6-9-7-4-3-5-8-9;;/h2-5,7-8H,1,6H2;1H;1H3. The Bertz CT molecular complexity index is 184. The molecule has 0 aliphatic carbocycles. The van der Waals surface area contributed by atoms with E-state index in [2.05, 4.69) is 18.7 Å². The summed E-state index contributed by atoms with van der Waals surface area (Å²) in [6.07, 6.45) is 2.89. The van der Waals surface area contributed by atoms with Crippen LogP contribution < -0.4 is 6.15 Å². The number of halogens is 1. The molecule has 0 saturated carbocycles. The highest BCUT2D eigenvalue weighted by molar-refractivity contribution is 5.85. The van der Waals surface area contributed by atoms with Gasteiger partial charge in [-0.25, -0.2) is 0 Å². The van der Waals surface area contributed by atoms with Crippen LogP contribution in [0.15, 0.2) is 43.0 Å². The SMILES string of the molecule is C=CCc1ccccc1.Cl.N. The van der Waals surface area contributed by atoms with Crippen molar-refractivity contribution in [2.75, 3.05) is 0 Å². The molecule has 0 aliphatic heterocycles. The molecule has 62 valence electrons. The third-order valence-electron chi connectivity index (χ3n) is 1.22. The van der Waals surface area contributed by atoms with E-state index in [4.69, 9.17) is 0 Å². The predicted molar refractivity (Wildman–Crippen MR) is 52.6 cm³/mol. The molecule has 2 heteroatoms. The van der Waals surface area contributed by atoms with Gasteiger partial charge in [-0.15, -0.1) is 19.0 Å². The normalized spacial score (nSPS) is 7.27. The second-order valence-electron chi connectivity index (χ2n) is 1.98. The van der Waals surface area contributed by atoms with Gasteiger partial charge in [0.05, 0.1) is 0 Å². The maximum absolute atomic E-state index is 3.66. The van der Waals surface area contributed by atoms with Gasteiger partial charge in [0.2, 0.25) is 0 Å². The van der Waals surface area contributed by atoms with E-state index >= 15 is 0 Å². The topological polar surface area (TPSA) is 35.0 Å². The summed E-state index contributed by atoms with van der Waals surface area (Å²) in [5.74, 6) is 0. The molecular formula is C9H14ClN. The number of allylic oxidation sites excluding steroid dienone is 1. The Labute approximate surface area is 74.1 Å². The maximum atomic E-state index is 3.66. The largest absolute Gasteiger partial charge is 0.344 e. The van der Waals surface area contributed by atoms with E-state index in [9.17, 15) is 0 Å². The lowest BCUT2D eigenvalue weighted by Crippen LogP contribution is -1.75. The Morgan fingerprint density at radius 2 is 1.73 bits per heavy atom. The Morgan fingerprint density at radius 3 is 2.18 bits per heavy atom. The average Bonchev–Trinajstić information content (AvgIpc) is 1.91. The van der Waals surface area contributed by atoms with E-state index in [1.165, 1.54) is 5.56 Å². The molecule has 0 amide bonds. The van der Waals surface area contributed by atoms with Gasteiger partial charge in [0.15, 0.2) is 0 Å². The van der Waals surface area contributed by atoms with Gasteiger partial charge >= 0.3 is 0 Å². The first-order valence-corrected chi connectivity index (χ1v) is 3.08. The summed E-state index contributed by atoms with van der Waals surface area (Å²) in [6.45, 7) is 3.66. The van der Waals surface area contributed by atoms with E-state index in [1.807, 2.05) is 24.3 Å². The molecule has 0 heterocycles. The van der Waals surface area contributed by atoms with Gasteiger partial charge in [0.25, 0.3) is 0 Å². The molecule has 1 nitrogen and oxygen atoms in total. The summed E-state index contributed by atoms with van der Waals surface area (Å²) in [5.41, 5.74) is 1.33. The minimum atomic E-state index is 0. The van der Waals surface area contributed by atoms with Crippen molar-refractivity contribution in [3.05, 3.63) is 48.6 Å². The fourth-order valence-corrected chi connectivity index (χ4v) is 0.781. The van der Waals surface area contributed by atoms with Crippen molar-refractivity contribution in [3.63, 3.8) is 0 Å². The predicted octanol–water partition coefficient (Wildman–Crippen LogP) is 3.00. The Balaban J connectivity index is 0. The zero-order chi connectivity index (χ0) is 6.53. The van der Waals surface area contributed by atoms with Gasteiger partial charge in [-0.05, 0) is 12.0 Å². The smallest absolute Gasteiger partial charge is 0.0100 e. The second-order valence-corrected chi connectivity index (χ2v) is 1.98. The summed E-state index contributed by atoms with van der Waals surface area (Å²) in [7, 11) is 0. The fourth-order valence-electron chi connectivity index (χ4n) is 0.781. The molecule has 11 heavy (non-hydrogen) atoms. The first-order valence-electron chi connectivity index (χ1n) is 3.08. The molecule has 0 atom stereocenters. The van der Waals surface area contributed by atoms with E-state index in [-0.39, 0.29) is 18.6 Å². The molecule has 0 aliphatic rings. The third-order valence-corrected chi connectivity index (χ3v) is 1.22. The van der Waals surface area contributed by atoms with Crippen LogP contribution in [0.25, 0.3) is 0 Å². The van der Waals surface area contributed by atoms with Gasteiger partial charge in [-0.2, -0.15) is 0 Å². The highest BCUT2D eigenvalue weighted by atomic mass is 35.5. The van der Waals surface area contributed by atoms with Crippen LogP contribution in [-0.2, 0) is 6.42 Å². The molecule has 0 bridgehead atoms. The Morgan fingerprint density at radius 1 is 1.18 bits per heavy atom. The van der Waals surface area contributed by atoms with Crippen LogP contribution in [0.2, 0.25) is 0 Å². The molecule has 0 aromatic heterocycles. The molecule has 1 rings (SSSR count). The van der Waals surface area contributed by atoms with Crippen molar-refractivity contribution in [1.82, 2.24) is 6.15 Å². The van der Waals surface area contributed by atoms with Crippen LogP contribution in [0, 0.1) is 0 Å². The van der Waals surface area contributed by atoms with Gasteiger partial charge in [-0.3, -0.25) is 0 Å². The number of hydrogen-bond donors (Lipinski definition) is 1. The van der Waals surface area contributed by atoms with Crippen molar-refractivity contribution >= 4 is 12.4 Å². The summed E-state index contributed by atoms with van der Waals surface area (Å²) in [6, 6.07) is 10.3. The van der Waals surface area contributed by atoms with Gasteiger partial charge < -0.3 is 6.15 Å². The van der Waals surface area contributed by atoms with Crippen molar-refractivity contribution < 1.29 is 0 Å². The summed E-state index contributed by atoms with van der Waals surface area (Å²) < 4.78 is 0. The van der Waals surface area contributed by atoms with Crippen molar-refractivity contribution in [3.8, 4) is 0 Å². The molecule has 0 fully saturated rings. The zero-order valence-corrected chi connectivity index (χ0v) is 7.31. The second kappa shape index (κ2) is 7.32. The van der Waals surface area contributed by atoms with Crippen molar-refractivity contribution in [1.29, 1.82) is 0 Å². The molecule has 0 radical (unpaired) electrons. The number of rotatable bonds is 2. The lowest BCUT2D eigenvalue weighted by Gasteiger charge is -1.91. The summed E-state index contributed by atoms with van der Waals surface area (Å²) >= 11 is 0. The van der Waals surface area contributed by atoms with Crippen LogP contribution in [-0.4, -0.2) is 0 Å². The van der Waals surface area contributed by atoms with Gasteiger partial charge in [-0.1, -0.05) is 36.4 Å².